The van der Waals surface area contributed by atoms with Gasteiger partial charge in [0, 0.05) is 26.8 Å². The average molecular weight is 219 g/mol. The second-order valence-corrected chi connectivity index (χ2v) is 7.54. The summed E-state index contributed by atoms with van der Waals surface area (Å²) in [7, 11) is -0.746. The predicted molar refractivity (Wildman–Crippen MR) is 65.1 cm³/mol. The molecule has 0 amide bonds. The molecule has 0 aliphatic rings. The van der Waals surface area contributed by atoms with E-state index in [4.69, 9.17) is 0 Å². The number of hydrogen-bond acceptors (Lipinski definition) is 2. The maximum Gasteiger partial charge on any atom is 0.0377 e. The quantitative estimate of drug-likeness (QED) is 0.769. The van der Waals surface area contributed by atoms with Gasteiger partial charge in [-0.2, -0.15) is 0 Å². The zero-order valence-corrected chi connectivity index (χ0v) is 11.2. The van der Waals surface area contributed by atoms with Crippen molar-refractivity contribution >= 4 is 10.8 Å². The SMILES string of the molecule is CCNC(C)CC(C)S(=O)C(C)(C)C. The fourth-order valence-corrected chi connectivity index (χ4v) is 3.29. The summed E-state index contributed by atoms with van der Waals surface area (Å²) in [6, 6.07) is 0.460. The molecular formula is C11H25NOS. The minimum atomic E-state index is -0.746. The molecule has 14 heavy (non-hydrogen) atoms. The molecule has 0 fully saturated rings. The van der Waals surface area contributed by atoms with Crippen LogP contribution in [0.3, 0.4) is 0 Å². The monoisotopic (exact) mass is 219 g/mol. The molecule has 0 aromatic rings. The van der Waals surface area contributed by atoms with Crippen LogP contribution in [0.5, 0.6) is 0 Å². The molecule has 1 N–H and O–H groups in total. The molecule has 0 heterocycles. The van der Waals surface area contributed by atoms with Crippen molar-refractivity contribution in [2.24, 2.45) is 0 Å². The van der Waals surface area contributed by atoms with E-state index in [-0.39, 0.29) is 10.00 Å². The number of nitrogens with one attached hydrogen (secondary N) is 1. The van der Waals surface area contributed by atoms with Crippen LogP contribution >= 0.6 is 0 Å². The van der Waals surface area contributed by atoms with E-state index < -0.39 is 10.8 Å². The molecule has 0 aromatic carbocycles. The molecule has 0 saturated heterocycles. The van der Waals surface area contributed by atoms with Gasteiger partial charge in [0.2, 0.25) is 0 Å². The highest BCUT2D eigenvalue weighted by molar-refractivity contribution is 7.87. The fourth-order valence-electron chi connectivity index (χ4n) is 1.62. The molecular weight excluding hydrogens is 194 g/mol. The zero-order valence-electron chi connectivity index (χ0n) is 10.4. The molecule has 86 valence electrons. The summed E-state index contributed by atoms with van der Waals surface area (Å²) >= 11 is 0. The first-order chi connectivity index (χ1) is 6.29. The van der Waals surface area contributed by atoms with E-state index in [1.165, 1.54) is 0 Å². The summed E-state index contributed by atoms with van der Waals surface area (Å²) in [5.41, 5.74) is 0. The van der Waals surface area contributed by atoms with Crippen molar-refractivity contribution in [3.8, 4) is 0 Å². The molecule has 0 saturated carbocycles. The van der Waals surface area contributed by atoms with Crippen molar-refractivity contribution in [1.82, 2.24) is 5.32 Å². The lowest BCUT2D eigenvalue weighted by molar-refractivity contribution is 0.519. The van der Waals surface area contributed by atoms with Crippen LogP contribution < -0.4 is 5.32 Å². The van der Waals surface area contributed by atoms with Crippen LogP contribution in [0.1, 0.15) is 48.0 Å². The van der Waals surface area contributed by atoms with Crippen LogP contribution in [0.4, 0.5) is 0 Å². The molecule has 0 aliphatic carbocycles. The molecule has 3 atom stereocenters. The lowest BCUT2D eigenvalue weighted by atomic mass is 10.2. The van der Waals surface area contributed by atoms with Gasteiger partial charge in [0.05, 0.1) is 0 Å². The van der Waals surface area contributed by atoms with Gasteiger partial charge in [0.25, 0.3) is 0 Å². The topological polar surface area (TPSA) is 29.1 Å². The van der Waals surface area contributed by atoms with Crippen molar-refractivity contribution in [2.75, 3.05) is 6.54 Å². The first kappa shape index (κ1) is 14.1. The highest BCUT2D eigenvalue weighted by Crippen LogP contribution is 2.18. The predicted octanol–water partition coefficient (Wildman–Crippen LogP) is 2.31. The standard InChI is InChI=1S/C11H25NOS/c1-7-12-9(2)8-10(3)14(13)11(4,5)6/h9-10,12H,7-8H2,1-6H3. The lowest BCUT2D eigenvalue weighted by Gasteiger charge is -2.25. The highest BCUT2D eigenvalue weighted by Gasteiger charge is 2.25. The summed E-state index contributed by atoms with van der Waals surface area (Å²) in [4.78, 5) is 0. The Hall–Kier alpha value is 0.110. The van der Waals surface area contributed by atoms with E-state index in [0.717, 1.165) is 13.0 Å². The van der Waals surface area contributed by atoms with Gasteiger partial charge in [0.1, 0.15) is 0 Å². The van der Waals surface area contributed by atoms with E-state index in [2.05, 4.69) is 26.1 Å². The molecule has 0 aromatic heterocycles. The van der Waals surface area contributed by atoms with Gasteiger partial charge in [-0.05, 0) is 40.7 Å². The van der Waals surface area contributed by atoms with Crippen LogP contribution in [0, 0.1) is 0 Å². The smallest absolute Gasteiger partial charge is 0.0377 e. The second-order valence-electron chi connectivity index (χ2n) is 4.91. The van der Waals surface area contributed by atoms with Crippen molar-refractivity contribution in [3.05, 3.63) is 0 Å². The van der Waals surface area contributed by atoms with Crippen molar-refractivity contribution in [3.63, 3.8) is 0 Å². The largest absolute Gasteiger partial charge is 0.314 e. The second kappa shape index (κ2) is 5.86. The third kappa shape index (κ3) is 5.11. The third-order valence-electron chi connectivity index (χ3n) is 2.21. The van der Waals surface area contributed by atoms with Gasteiger partial charge in [-0.25, -0.2) is 0 Å². The van der Waals surface area contributed by atoms with Crippen molar-refractivity contribution in [2.45, 2.75) is 64.0 Å². The molecule has 0 rings (SSSR count). The van der Waals surface area contributed by atoms with Gasteiger partial charge in [-0.1, -0.05) is 13.8 Å². The van der Waals surface area contributed by atoms with E-state index in [1.807, 2.05) is 20.8 Å². The molecule has 0 bridgehead atoms. The Morgan fingerprint density at radius 3 is 2.14 bits per heavy atom. The van der Waals surface area contributed by atoms with Crippen LogP contribution in [-0.2, 0) is 10.8 Å². The Balaban J connectivity index is 4.08. The summed E-state index contributed by atoms with van der Waals surface area (Å²) in [6.07, 6.45) is 0.984. The normalized spacial score (nSPS) is 19.0. The Kier molecular flexibility index (Phi) is 5.91. The minimum Gasteiger partial charge on any atom is -0.314 e. The number of rotatable bonds is 5. The van der Waals surface area contributed by atoms with Gasteiger partial charge < -0.3 is 5.32 Å². The highest BCUT2D eigenvalue weighted by atomic mass is 32.2. The van der Waals surface area contributed by atoms with Crippen LogP contribution in [0.2, 0.25) is 0 Å². The van der Waals surface area contributed by atoms with Gasteiger partial charge in [-0.15, -0.1) is 0 Å². The molecule has 2 nitrogen and oxygen atoms in total. The van der Waals surface area contributed by atoms with Crippen molar-refractivity contribution in [1.29, 1.82) is 0 Å². The summed E-state index contributed by atoms with van der Waals surface area (Å²) in [5.74, 6) is 0. The number of hydrogen-bond donors (Lipinski definition) is 1. The van der Waals surface area contributed by atoms with Crippen LogP contribution in [0.15, 0.2) is 0 Å². The molecule has 0 radical (unpaired) electrons. The van der Waals surface area contributed by atoms with E-state index in [9.17, 15) is 4.21 Å². The zero-order chi connectivity index (χ0) is 11.4. The Bertz CT molecular complexity index is 186. The van der Waals surface area contributed by atoms with Gasteiger partial charge in [0.15, 0.2) is 0 Å². The third-order valence-corrected chi connectivity index (χ3v) is 4.34. The van der Waals surface area contributed by atoms with E-state index >= 15 is 0 Å². The fraction of sp³-hybridized carbons (Fsp3) is 1.00. The summed E-state index contributed by atoms with van der Waals surface area (Å²) in [6.45, 7) is 13.4. The summed E-state index contributed by atoms with van der Waals surface area (Å²) in [5, 5.41) is 3.62. The van der Waals surface area contributed by atoms with Gasteiger partial charge in [-0.3, -0.25) is 4.21 Å². The van der Waals surface area contributed by atoms with E-state index in [0.29, 0.717) is 6.04 Å². The average Bonchev–Trinajstić information content (AvgIpc) is 2.01. The minimum absolute atomic E-state index is 0.0919. The Morgan fingerprint density at radius 2 is 1.79 bits per heavy atom. The molecule has 0 spiro atoms. The Morgan fingerprint density at radius 1 is 1.29 bits per heavy atom. The lowest BCUT2D eigenvalue weighted by Crippen LogP contribution is -2.35. The molecule has 0 aliphatic heterocycles. The molecule has 3 unspecified atom stereocenters. The summed E-state index contributed by atoms with van der Waals surface area (Å²) < 4.78 is 11.9. The first-order valence-electron chi connectivity index (χ1n) is 5.43. The van der Waals surface area contributed by atoms with Crippen LogP contribution in [-0.4, -0.2) is 26.8 Å². The van der Waals surface area contributed by atoms with Gasteiger partial charge >= 0.3 is 0 Å². The van der Waals surface area contributed by atoms with Crippen molar-refractivity contribution < 1.29 is 4.21 Å². The Labute approximate surface area is 91.3 Å². The van der Waals surface area contributed by atoms with Crippen LogP contribution in [0.25, 0.3) is 0 Å². The molecule has 3 heteroatoms. The van der Waals surface area contributed by atoms with E-state index in [1.54, 1.807) is 0 Å². The first-order valence-corrected chi connectivity index (χ1v) is 6.64. The maximum atomic E-state index is 12.0. The maximum absolute atomic E-state index is 12.0.